The van der Waals surface area contributed by atoms with E-state index in [1.165, 1.54) is 5.70 Å². The lowest BCUT2D eigenvalue weighted by Gasteiger charge is -2.22. The van der Waals surface area contributed by atoms with E-state index in [2.05, 4.69) is 38.8 Å². The summed E-state index contributed by atoms with van der Waals surface area (Å²) in [6.07, 6.45) is 2.32. The van der Waals surface area contributed by atoms with E-state index >= 15 is 0 Å². The van der Waals surface area contributed by atoms with Crippen LogP contribution in [0.2, 0.25) is 0 Å². The fourth-order valence-electron chi connectivity index (χ4n) is 1.31. The van der Waals surface area contributed by atoms with Gasteiger partial charge < -0.3 is 4.90 Å². The minimum Gasteiger partial charge on any atom is -0.375 e. The van der Waals surface area contributed by atoms with Crippen molar-refractivity contribution < 1.29 is 0 Å². The minimum absolute atomic E-state index is 0. The zero-order valence-corrected chi connectivity index (χ0v) is 11.3. The monoisotopic (exact) mass is 212 g/mol. The standard InChI is InChI=1S/C8H15N.2C2H6.CH4.B/c1-6-5-7(2)9(4)8(6)3;2*1-2;;/h5-6,8H,1-4H3;2*1-2H3;1H4;. The average molecular weight is 212 g/mol. The summed E-state index contributed by atoms with van der Waals surface area (Å²) in [6.45, 7) is 14.7. The van der Waals surface area contributed by atoms with Crippen molar-refractivity contribution in [3.63, 3.8) is 0 Å². The van der Waals surface area contributed by atoms with E-state index in [1.54, 1.807) is 0 Å². The summed E-state index contributed by atoms with van der Waals surface area (Å²) in [5.74, 6) is 0.731. The third kappa shape index (κ3) is 7.52. The van der Waals surface area contributed by atoms with E-state index in [-0.39, 0.29) is 15.8 Å². The molecule has 0 amide bonds. The molecule has 2 unspecified atom stereocenters. The van der Waals surface area contributed by atoms with E-state index in [4.69, 9.17) is 0 Å². The Hall–Kier alpha value is -0.395. The van der Waals surface area contributed by atoms with Crippen molar-refractivity contribution in [1.82, 2.24) is 4.90 Å². The van der Waals surface area contributed by atoms with E-state index in [0.717, 1.165) is 5.92 Å². The number of rotatable bonds is 0. The Balaban J connectivity index is -0.0000000910. The summed E-state index contributed by atoms with van der Waals surface area (Å²) < 4.78 is 0. The van der Waals surface area contributed by atoms with Gasteiger partial charge in [0, 0.05) is 27.2 Å². The van der Waals surface area contributed by atoms with Gasteiger partial charge in [-0.05, 0) is 19.8 Å². The normalized spacial score (nSPS) is 21.9. The van der Waals surface area contributed by atoms with Crippen LogP contribution in [0.25, 0.3) is 0 Å². The topological polar surface area (TPSA) is 3.24 Å². The van der Waals surface area contributed by atoms with Gasteiger partial charge in [-0.1, -0.05) is 48.1 Å². The van der Waals surface area contributed by atoms with Gasteiger partial charge in [0.2, 0.25) is 0 Å². The molecule has 3 radical (unpaired) electrons. The molecule has 1 aliphatic rings. The molecule has 0 aromatic heterocycles. The molecule has 0 bridgehead atoms. The Kier molecular flexibility index (Phi) is 21.8. The van der Waals surface area contributed by atoms with Crippen molar-refractivity contribution >= 4 is 8.41 Å². The highest BCUT2D eigenvalue weighted by Crippen LogP contribution is 2.23. The Bertz CT molecular complexity index is 143. The maximum absolute atomic E-state index is 2.32. The highest BCUT2D eigenvalue weighted by Gasteiger charge is 2.21. The van der Waals surface area contributed by atoms with Crippen molar-refractivity contribution in [2.24, 2.45) is 5.92 Å². The molecule has 2 heteroatoms. The van der Waals surface area contributed by atoms with Crippen molar-refractivity contribution in [3.8, 4) is 0 Å². The van der Waals surface area contributed by atoms with Crippen LogP contribution in [0.5, 0.6) is 0 Å². The van der Waals surface area contributed by atoms with Gasteiger partial charge in [0.25, 0.3) is 0 Å². The largest absolute Gasteiger partial charge is 0.375 e. The molecule has 0 saturated carbocycles. The maximum atomic E-state index is 2.32. The number of nitrogens with zero attached hydrogens (tertiary/aromatic N) is 1. The lowest BCUT2D eigenvalue weighted by Crippen LogP contribution is -2.25. The van der Waals surface area contributed by atoms with Gasteiger partial charge in [0.1, 0.15) is 0 Å². The van der Waals surface area contributed by atoms with Crippen LogP contribution in [0.1, 0.15) is 55.9 Å². The van der Waals surface area contributed by atoms with E-state index in [9.17, 15) is 0 Å². The fourth-order valence-corrected chi connectivity index (χ4v) is 1.31. The summed E-state index contributed by atoms with van der Waals surface area (Å²) in [6, 6.07) is 0.699. The average Bonchev–Trinajstić information content (AvgIpc) is 2.40. The highest BCUT2D eigenvalue weighted by atomic mass is 15.2. The Morgan fingerprint density at radius 1 is 1.07 bits per heavy atom. The van der Waals surface area contributed by atoms with Gasteiger partial charge in [-0.25, -0.2) is 0 Å². The summed E-state index contributed by atoms with van der Waals surface area (Å²) in [5.41, 5.74) is 1.41. The fraction of sp³-hybridized carbons (Fsp3) is 0.846. The third-order valence-electron chi connectivity index (χ3n) is 2.43. The second-order valence-corrected chi connectivity index (χ2v) is 3.02. The summed E-state index contributed by atoms with van der Waals surface area (Å²) in [7, 11) is 2.15. The number of hydrogen-bond acceptors (Lipinski definition) is 1. The SMILES string of the molecule is C.CC.CC.CC1=CC(C)C(C)N1C.[B]. The van der Waals surface area contributed by atoms with Gasteiger partial charge >= 0.3 is 0 Å². The molecule has 0 aromatic rings. The second-order valence-electron chi connectivity index (χ2n) is 3.02. The summed E-state index contributed by atoms with van der Waals surface area (Å²) >= 11 is 0. The molecule has 0 aliphatic carbocycles. The molecule has 1 aliphatic heterocycles. The molecule has 0 fully saturated rings. The van der Waals surface area contributed by atoms with Crippen LogP contribution in [-0.2, 0) is 0 Å². The van der Waals surface area contributed by atoms with E-state index < -0.39 is 0 Å². The first-order valence-electron chi connectivity index (χ1n) is 5.54. The molecule has 0 spiro atoms. The van der Waals surface area contributed by atoms with Gasteiger partial charge in [-0.15, -0.1) is 0 Å². The van der Waals surface area contributed by atoms with Crippen molar-refractivity contribution in [3.05, 3.63) is 11.8 Å². The molecule has 15 heavy (non-hydrogen) atoms. The van der Waals surface area contributed by atoms with E-state index in [0.29, 0.717) is 6.04 Å². The van der Waals surface area contributed by atoms with Crippen molar-refractivity contribution in [2.45, 2.75) is 61.9 Å². The van der Waals surface area contributed by atoms with Gasteiger partial charge in [0.05, 0.1) is 0 Å². The molecule has 1 rings (SSSR count). The van der Waals surface area contributed by atoms with E-state index in [1.807, 2.05) is 27.7 Å². The molecule has 91 valence electrons. The van der Waals surface area contributed by atoms with Gasteiger partial charge in [-0.3, -0.25) is 0 Å². The lowest BCUT2D eigenvalue weighted by molar-refractivity contribution is 0.314. The lowest BCUT2D eigenvalue weighted by atomic mass is 10.1. The molecular formula is C13H31BN. The first kappa shape index (κ1) is 24.0. The maximum Gasteiger partial charge on any atom is 0.0315 e. The van der Waals surface area contributed by atoms with Crippen molar-refractivity contribution in [2.75, 3.05) is 7.05 Å². The molecule has 0 aromatic carbocycles. The van der Waals surface area contributed by atoms with Crippen LogP contribution in [0, 0.1) is 5.92 Å². The zero-order valence-electron chi connectivity index (χ0n) is 11.3. The quantitative estimate of drug-likeness (QED) is 0.545. The van der Waals surface area contributed by atoms with Crippen molar-refractivity contribution in [1.29, 1.82) is 0 Å². The Morgan fingerprint density at radius 2 is 1.40 bits per heavy atom. The molecule has 1 nitrogen and oxygen atoms in total. The zero-order chi connectivity index (χ0) is 11.0. The van der Waals surface area contributed by atoms with Crippen LogP contribution >= 0.6 is 0 Å². The minimum atomic E-state index is 0. The Morgan fingerprint density at radius 3 is 1.47 bits per heavy atom. The highest BCUT2D eigenvalue weighted by molar-refractivity contribution is 5.75. The van der Waals surface area contributed by atoms with Gasteiger partial charge in [-0.2, -0.15) is 0 Å². The molecule has 1 heterocycles. The molecule has 0 saturated heterocycles. The number of allylic oxidation sites excluding steroid dienone is 1. The van der Waals surface area contributed by atoms with Crippen LogP contribution in [0.3, 0.4) is 0 Å². The predicted octanol–water partition coefficient (Wildman–Crippen LogP) is 4.17. The van der Waals surface area contributed by atoms with Crippen LogP contribution < -0.4 is 0 Å². The van der Waals surface area contributed by atoms with Gasteiger partial charge in [0.15, 0.2) is 0 Å². The summed E-state index contributed by atoms with van der Waals surface area (Å²) in [4.78, 5) is 2.32. The van der Waals surface area contributed by atoms with Crippen LogP contribution in [0.4, 0.5) is 0 Å². The van der Waals surface area contributed by atoms with Crippen LogP contribution in [0.15, 0.2) is 11.8 Å². The second kappa shape index (κ2) is 13.6. The predicted molar refractivity (Wildman–Crippen MR) is 75.3 cm³/mol. The molecule has 0 N–H and O–H groups in total. The summed E-state index contributed by atoms with van der Waals surface area (Å²) in [5, 5.41) is 0. The first-order valence-corrected chi connectivity index (χ1v) is 5.54. The first-order chi connectivity index (χ1) is 6.13. The van der Waals surface area contributed by atoms with Crippen LogP contribution in [-0.4, -0.2) is 26.4 Å². The molecule has 2 atom stereocenters. The third-order valence-corrected chi connectivity index (χ3v) is 2.43. The molecular weight excluding hydrogens is 181 g/mol. The Labute approximate surface area is 101 Å². The number of hydrogen-bond donors (Lipinski definition) is 0. The smallest absolute Gasteiger partial charge is 0.0315 e.